The molecular weight excluding hydrogens is 328 g/mol. The van der Waals surface area contributed by atoms with Gasteiger partial charge in [-0.2, -0.15) is 0 Å². The van der Waals surface area contributed by atoms with Crippen molar-refractivity contribution in [1.29, 1.82) is 0 Å². The average molecular weight is 331 g/mol. The Morgan fingerprint density at radius 3 is 2.40 bits per heavy atom. The van der Waals surface area contributed by atoms with Gasteiger partial charge in [-0.3, -0.25) is 4.79 Å². The molecule has 0 atom stereocenters. The van der Waals surface area contributed by atoms with Gasteiger partial charge in [-0.05, 0) is 34.2 Å². The van der Waals surface area contributed by atoms with Gasteiger partial charge in [0, 0.05) is 0 Å². The van der Waals surface area contributed by atoms with Crippen LogP contribution < -0.4 is 0 Å². The Kier molecular flexibility index (Phi) is 2.53. The van der Waals surface area contributed by atoms with Crippen LogP contribution in [0.4, 0.5) is 0 Å². The van der Waals surface area contributed by atoms with E-state index in [0.29, 0.717) is 4.48 Å². The molecule has 54 valence electrons. The zero-order chi connectivity index (χ0) is 7.78. The summed E-state index contributed by atoms with van der Waals surface area (Å²) in [4.78, 5) is 10.8. The molecule has 1 aliphatic carbocycles. The molecule has 4 heteroatoms. The van der Waals surface area contributed by atoms with Crippen LogP contribution in [0.25, 0.3) is 0 Å². The number of carbonyl (C=O) groups excluding carboxylic acids is 1. The van der Waals surface area contributed by atoms with Gasteiger partial charge < -0.3 is 0 Å². The van der Waals surface area contributed by atoms with Crippen LogP contribution in [0.3, 0.4) is 0 Å². The molecule has 0 bridgehead atoms. The smallest absolute Gasteiger partial charge is 0.192 e. The van der Waals surface area contributed by atoms with Gasteiger partial charge in [-0.25, -0.2) is 0 Å². The third kappa shape index (κ3) is 2.04. The zero-order valence-electron chi connectivity index (χ0n) is 4.77. The lowest BCUT2D eigenvalue weighted by molar-refractivity contribution is -0.110. The van der Waals surface area contributed by atoms with E-state index in [0.717, 1.165) is 0 Å². The highest BCUT2D eigenvalue weighted by atomic mass is 79.9. The number of alkyl halides is 2. The molecule has 0 fully saturated rings. The lowest BCUT2D eigenvalue weighted by Crippen LogP contribution is -2.10. The molecule has 0 aliphatic heterocycles. The number of allylic oxidation sites excluding steroid dienone is 4. The summed E-state index contributed by atoms with van der Waals surface area (Å²) < 4.78 is 0.218. The highest BCUT2D eigenvalue weighted by Crippen LogP contribution is 2.34. The standard InChI is InChI=1S/C6H3Br3O/c7-4-3-6(8,9)2-1-5(4)10/h1-3H. The summed E-state index contributed by atoms with van der Waals surface area (Å²) in [5, 5.41) is 0. The fourth-order valence-corrected chi connectivity index (χ4v) is 2.38. The Morgan fingerprint density at radius 2 is 2.00 bits per heavy atom. The van der Waals surface area contributed by atoms with Gasteiger partial charge in [0.1, 0.15) is 3.23 Å². The molecule has 0 saturated carbocycles. The number of hydrogen-bond acceptors (Lipinski definition) is 1. The lowest BCUT2D eigenvalue weighted by atomic mass is 10.2. The molecular formula is C6H3Br3O. The molecule has 1 rings (SSSR count). The van der Waals surface area contributed by atoms with Crippen molar-refractivity contribution in [3.8, 4) is 0 Å². The first-order chi connectivity index (χ1) is 4.51. The van der Waals surface area contributed by atoms with Gasteiger partial charge in [0.05, 0.1) is 4.48 Å². The average Bonchev–Trinajstić information content (AvgIpc) is 1.79. The molecule has 0 aromatic heterocycles. The van der Waals surface area contributed by atoms with Crippen molar-refractivity contribution < 1.29 is 4.79 Å². The minimum absolute atomic E-state index is 0.00507. The van der Waals surface area contributed by atoms with Gasteiger partial charge in [-0.1, -0.05) is 31.9 Å². The van der Waals surface area contributed by atoms with E-state index < -0.39 is 0 Å². The second-order valence-electron chi connectivity index (χ2n) is 1.86. The molecule has 0 radical (unpaired) electrons. The Bertz CT molecular complexity index is 227. The summed E-state index contributed by atoms with van der Waals surface area (Å²) in [5.41, 5.74) is 0. The van der Waals surface area contributed by atoms with Crippen molar-refractivity contribution in [1.82, 2.24) is 0 Å². The van der Waals surface area contributed by atoms with Gasteiger partial charge in [-0.15, -0.1) is 0 Å². The van der Waals surface area contributed by atoms with E-state index in [1.54, 1.807) is 12.2 Å². The minimum Gasteiger partial charge on any atom is -0.289 e. The molecule has 0 aromatic rings. The van der Waals surface area contributed by atoms with Crippen molar-refractivity contribution in [2.45, 2.75) is 3.23 Å². The lowest BCUT2D eigenvalue weighted by Gasteiger charge is -2.13. The highest BCUT2D eigenvalue weighted by Gasteiger charge is 2.22. The van der Waals surface area contributed by atoms with Gasteiger partial charge >= 0.3 is 0 Å². The quantitative estimate of drug-likeness (QED) is 0.624. The molecule has 1 aliphatic rings. The number of hydrogen-bond donors (Lipinski definition) is 0. The number of ketones is 1. The predicted octanol–water partition coefficient (Wildman–Crippen LogP) is 2.89. The van der Waals surface area contributed by atoms with E-state index in [4.69, 9.17) is 0 Å². The summed E-state index contributed by atoms with van der Waals surface area (Å²) in [5.74, 6) is -0.00507. The van der Waals surface area contributed by atoms with E-state index in [1.807, 2.05) is 0 Å². The van der Waals surface area contributed by atoms with Gasteiger partial charge in [0.15, 0.2) is 5.78 Å². The molecule has 0 saturated heterocycles. The first kappa shape index (κ1) is 8.68. The monoisotopic (exact) mass is 328 g/mol. The maximum Gasteiger partial charge on any atom is 0.192 e. The molecule has 0 aromatic carbocycles. The van der Waals surface area contributed by atoms with E-state index in [1.165, 1.54) is 6.08 Å². The minimum atomic E-state index is -0.354. The van der Waals surface area contributed by atoms with Crippen LogP contribution in [0.5, 0.6) is 0 Å². The van der Waals surface area contributed by atoms with Gasteiger partial charge in [0.2, 0.25) is 0 Å². The van der Waals surface area contributed by atoms with Crippen molar-refractivity contribution in [3.63, 3.8) is 0 Å². The maximum absolute atomic E-state index is 10.8. The summed E-state index contributed by atoms with van der Waals surface area (Å²) in [6, 6.07) is 0. The Hall–Kier alpha value is 0.590. The van der Waals surface area contributed by atoms with Crippen molar-refractivity contribution in [2.24, 2.45) is 0 Å². The number of rotatable bonds is 0. The van der Waals surface area contributed by atoms with E-state index in [9.17, 15) is 4.79 Å². The number of carbonyl (C=O) groups is 1. The fourth-order valence-electron chi connectivity index (χ4n) is 0.555. The highest BCUT2D eigenvalue weighted by molar-refractivity contribution is 9.25. The third-order valence-electron chi connectivity index (χ3n) is 1.01. The molecule has 0 spiro atoms. The van der Waals surface area contributed by atoms with Crippen molar-refractivity contribution >= 4 is 53.6 Å². The fraction of sp³-hybridized carbons (Fsp3) is 0.167. The first-order valence-corrected chi connectivity index (χ1v) is 4.89. The predicted molar refractivity (Wildman–Crippen MR) is 51.7 cm³/mol. The largest absolute Gasteiger partial charge is 0.289 e. The van der Waals surface area contributed by atoms with Crippen LogP contribution in [0.15, 0.2) is 22.7 Å². The maximum atomic E-state index is 10.8. The van der Waals surface area contributed by atoms with Crippen LogP contribution in [-0.4, -0.2) is 9.02 Å². The Balaban J connectivity index is 2.95. The molecule has 1 nitrogen and oxygen atoms in total. The SMILES string of the molecule is O=C1C=CC(Br)(Br)C=C1Br. The second-order valence-corrected chi connectivity index (χ2v) is 6.41. The van der Waals surface area contributed by atoms with E-state index in [-0.39, 0.29) is 9.02 Å². The molecule has 0 N–H and O–H groups in total. The molecule has 0 amide bonds. The van der Waals surface area contributed by atoms with Crippen LogP contribution in [-0.2, 0) is 4.79 Å². The molecule has 0 heterocycles. The van der Waals surface area contributed by atoms with Gasteiger partial charge in [0.25, 0.3) is 0 Å². The summed E-state index contributed by atoms with van der Waals surface area (Å²) >= 11 is 9.79. The third-order valence-corrected chi connectivity index (χ3v) is 2.62. The van der Waals surface area contributed by atoms with Crippen LogP contribution in [0.1, 0.15) is 0 Å². The first-order valence-electron chi connectivity index (χ1n) is 2.51. The van der Waals surface area contributed by atoms with Crippen LogP contribution in [0.2, 0.25) is 0 Å². The van der Waals surface area contributed by atoms with E-state index in [2.05, 4.69) is 47.8 Å². The molecule has 10 heavy (non-hydrogen) atoms. The second kappa shape index (κ2) is 2.91. The number of halogens is 3. The van der Waals surface area contributed by atoms with Crippen LogP contribution in [0, 0.1) is 0 Å². The topological polar surface area (TPSA) is 17.1 Å². The summed E-state index contributed by atoms with van der Waals surface area (Å²) in [6.07, 6.45) is 4.99. The normalized spacial score (nSPS) is 22.7. The Morgan fingerprint density at radius 1 is 1.40 bits per heavy atom. The summed E-state index contributed by atoms with van der Waals surface area (Å²) in [7, 11) is 0. The molecule has 0 unspecified atom stereocenters. The Labute approximate surface area is 83.9 Å². The van der Waals surface area contributed by atoms with Crippen LogP contribution >= 0.6 is 47.8 Å². The summed E-state index contributed by atoms with van der Waals surface area (Å²) in [6.45, 7) is 0. The zero-order valence-corrected chi connectivity index (χ0v) is 9.53. The van der Waals surface area contributed by atoms with Crippen molar-refractivity contribution in [2.75, 3.05) is 0 Å². The van der Waals surface area contributed by atoms with Crippen molar-refractivity contribution in [3.05, 3.63) is 22.7 Å². The van der Waals surface area contributed by atoms with E-state index >= 15 is 0 Å².